The summed E-state index contributed by atoms with van der Waals surface area (Å²) in [5.74, 6) is 0. The van der Waals surface area contributed by atoms with Crippen LogP contribution in [0, 0.1) is 0 Å². The van der Waals surface area contributed by atoms with Gasteiger partial charge in [-0.1, -0.05) is 112 Å². The molecule has 2 aromatic carbocycles. The summed E-state index contributed by atoms with van der Waals surface area (Å²) in [6.45, 7) is 2.28. The predicted molar refractivity (Wildman–Crippen MR) is 104 cm³/mol. The summed E-state index contributed by atoms with van der Waals surface area (Å²) in [5.41, 5.74) is 3.99. The van der Waals surface area contributed by atoms with Crippen molar-refractivity contribution in [2.45, 2.75) is 58.3 Å². The van der Waals surface area contributed by atoms with E-state index in [9.17, 15) is 0 Å². The Labute approximate surface area is 142 Å². The van der Waals surface area contributed by atoms with Gasteiger partial charge in [0, 0.05) is 0 Å². The van der Waals surface area contributed by atoms with Crippen LogP contribution in [0.3, 0.4) is 0 Å². The van der Waals surface area contributed by atoms with Crippen molar-refractivity contribution >= 4 is 12.2 Å². The van der Waals surface area contributed by atoms with Gasteiger partial charge in [0.1, 0.15) is 0 Å². The fourth-order valence-corrected chi connectivity index (χ4v) is 2.84. The summed E-state index contributed by atoms with van der Waals surface area (Å²) < 4.78 is 0. The van der Waals surface area contributed by atoms with E-state index in [4.69, 9.17) is 0 Å². The molecular formula is C23H30. The zero-order chi connectivity index (χ0) is 16.2. The van der Waals surface area contributed by atoms with E-state index in [1.165, 1.54) is 68.1 Å². The van der Waals surface area contributed by atoms with Crippen molar-refractivity contribution in [3.05, 3.63) is 71.3 Å². The zero-order valence-corrected chi connectivity index (χ0v) is 14.5. The topological polar surface area (TPSA) is 0 Å². The highest BCUT2D eigenvalue weighted by Crippen LogP contribution is 2.13. The van der Waals surface area contributed by atoms with E-state index in [1.807, 2.05) is 0 Å². The van der Waals surface area contributed by atoms with Crippen LogP contribution in [0.5, 0.6) is 0 Å². The fraction of sp³-hybridized carbons (Fsp3) is 0.391. The number of hydrogen-bond acceptors (Lipinski definition) is 0. The molecule has 0 bridgehead atoms. The average Bonchev–Trinajstić information content (AvgIpc) is 2.61. The lowest BCUT2D eigenvalue weighted by Crippen LogP contribution is -1.86. The molecule has 0 spiro atoms. The van der Waals surface area contributed by atoms with Crippen LogP contribution < -0.4 is 0 Å². The maximum absolute atomic E-state index is 2.28. The number of hydrogen-bond donors (Lipinski definition) is 0. The smallest absolute Gasteiger partial charge is 0.0256 e. The lowest BCUT2D eigenvalue weighted by Gasteiger charge is -2.03. The Kier molecular flexibility index (Phi) is 8.26. The maximum Gasteiger partial charge on any atom is -0.0256 e. The van der Waals surface area contributed by atoms with Gasteiger partial charge in [0.15, 0.2) is 0 Å². The Hall–Kier alpha value is -1.82. The summed E-state index contributed by atoms with van der Waals surface area (Å²) in [4.78, 5) is 0. The third-order valence-electron chi connectivity index (χ3n) is 4.32. The molecule has 0 aliphatic heterocycles. The van der Waals surface area contributed by atoms with Gasteiger partial charge in [-0.25, -0.2) is 0 Å². The first-order valence-corrected chi connectivity index (χ1v) is 9.20. The van der Waals surface area contributed by atoms with Crippen molar-refractivity contribution in [3.8, 4) is 0 Å². The van der Waals surface area contributed by atoms with Crippen LogP contribution in [0.2, 0.25) is 0 Å². The molecule has 0 atom stereocenters. The molecule has 0 saturated heterocycles. The van der Waals surface area contributed by atoms with Gasteiger partial charge in [0.25, 0.3) is 0 Å². The largest absolute Gasteiger partial charge is 0.0654 e. The van der Waals surface area contributed by atoms with Crippen molar-refractivity contribution < 1.29 is 0 Å². The first-order valence-electron chi connectivity index (χ1n) is 9.20. The van der Waals surface area contributed by atoms with E-state index in [2.05, 4.69) is 73.7 Å². The SMILES string of the molecule is CCCCCCCCCc1ccc(C=Cc2ccccc2)cc1. The molecule has 0 fully saturated rings. The minimum absolute atomic E-state index is 1.22. The van der Waals surface area contributed by atoms with E-state index in [0.29, 0.717) is 0 Å². The summed E-state index contributed by atoms with van der Waals surface area (Å²) in [6, 6.07) is 19.5. The third-order valence-corrected chi connectivity index (χ3v) is 4.32. The van der Waals surface area contributed by atoms with E-state index in [-0.39, 0.29) is 0 Å². The van der Waals surface area contributed by atoms with Crippen molar-refractivity contribution in [1.29, 1.82) is 0 Å². The highest BCUT2D eigenvalue weighted by atomic mass is 14.0. The number of rotatable bonds is 10. The van der Waals surface area contributed by atoms with Gasteiger partial charge in [-0.15, -0.1) is 0 Å². The molecule has 23 heavy (non-hydrogen) atoms. The Balaban J connectivity index is 1.69. The van der Waals surface area contributed by atoms with Crippen molar-refractivity contribution in [1.82, 2.24) is 0 Å². The quantitative estimate of drug-likeness (QED) is 0.323. The van der Waals surface area contributed by atoms with Gasteiger partial charge in [-0.3, -0.25) is 0 Å². The molecule has 0 aromatic heterocycles. The number of benzene rings is 2. The average molecular weight is 306 g/mol. The highest BCUT2D eigenvalue weighted by molar-refractivity contribution is 5.69. The zero-order valence-electron chi connectivity index (χ0n) is 14.5. The normalized spacial score (nSPS) is 11.2. The van der Waals surface area contributed by atoms with Crippen LogP contribution in [0.4, 0.5) is 0 Å². The number of aryl methyl sites for hydroxylation is 1. The first-order chi connectivity index (χ1) is 11.4. The Bertz CT molecular complexity index is 548. The Morgan fingerprint density at radius 1 is 0.609 bits per heavy atom. The second-order valence-corrected chi connectivity index (χ2v) is 6.36. The van der Waals surface area contributed by atoms with Gasteiger partial charge in [0.2, 0.25) is 0 Å². The van der Waals surface area contributed by atoms with Crippen LogP contribution in [0.15, 0.2) is 54.6 Å². The molecule has 0 aliphatic rings. The monoisotopic (exact) mass is 306 g/mol. The molecule has 0 amide bonds. The molecule has 122 valence electrons. The predicted octanol–water partition coefficient (Wildman–Crippen LogP) is 7.15. The van der Waals surface area contributed by atoms with E-state index >= 15 is 0 Å². The first kappa shape index (κ1) is 17.5. The lowest BCUT2D eigenvalue weighted by molar-refractivity contribution is 0.589. The van der Waals surface area contributed by atoms with Crippen LogP contribution >= 0.6 is 0 Å². The molecule has 0 heterocycles. The molecule has 0 N–H and O–H groups in total. The van der Waals surface area contributed by atoms with Gasteiger partial charge < -0.3 is 0 Å². The molecule has 0 unspecified atom stereocenters. The third kappa shape index (κ3) is 7.32. The summed E-state index contributed by atoms with van der Waals surface area (Å²) in [7, 11) is 0. The van der Waals surface area contributed by atoms with Crippen LogP contribution in [0.1, 0.15) is 68.6 Å². The molecule has 0 saturated carbocycles. The molecule has 2 rings (SSSR count). The maximum atomic E-state index is 2.28. The van der Waals surface area contributed by atoms with E-state index in [1.54, 1.807) is 0 Å². The molecule has 2 aromatic rings. The number of unbranched alkanes of at least 4 members (excludes halogenated alkanes) is 6. The fourth-order valence-electron chi connectivity index (χ4n) is 2.84. The van der Waals surface area contributed by atoms with Crippen LogP contribution in [-0.4, -0.2) is 0 Å². The molecule has 0 heteroatoms. The molecule has 0 aliphatic carbocycles. The molecular weight excluding hydrogens is 276 g/mol. The summed E-state index contributed by atoms with van der Waals surface area (Å²) >= 11 is 0. The highest BCUT2D eigenvalue weighted by Gasteiger charge is 1.95. The van der Waals surface area contributed by atoms with Gasteiger partial charge in [0.05, 0.1) is 0 Å². The minimum Gasteiger partial charge on any atom is -0.0654 e. The lowest BCUT2D eigenvalue weighted by atomic mass is 10.0. The van der Waals surface area contributed by atoms with Gasteiger partial charge in [-0.05, 0) is 29.5 Å². The van der Waals surface area contributed by atoms with Crippen molar-refractivity contribution in [2.75, 3.05) is 0 Å². The summed E-state index contributed by atoms with van der Waals surface area (Å²) in [5, 5.41) is 0. The second kappa shape index (κ2) is 10.8. The van der Waals surface area contributed by atoms with Crippen molar-refractivity contribution in [3.63, 3.8) is 0 Å². The van der Waals surface area contributed by atoms with Crippen molar-refractivity contribution in [2.24, 2.45) is 0 Å². The minimum atomic E-state index is 1.22. The molecule has 0 radical (unpaired) electrons. The van der Waals surface area contributed by atoms with Gasteiger partial charge >= 0.3 is 0 Å². The second-order valence-electron chi connectivity index (χ2n) is 6.36. The summed E-state index contributed by atoms with van der Waals surface area (Å²) in [6.07, 6.45) is 15.2. The van der Waals surface area contributed by atoms with Gasteiger partial charge in [-0.2, -0.15) is 0 Å². The van der Waals surface area contributed by atoms with Crippen LogP contribution in [0.25, 0.3) is 12.2 Å². The Morgan fingerprint density at radius 3 is 1.83 bits per heavy atom. The van der Waals surface area contributed by atoms with E-state index in [0.717, 1.165) is 0 Å². The molecule has 0 nitrogen and oxygen atoms in total. The van der Waals surface area contributed by atoms with Crippen LogP contribution in [-0.2, 0) is 6.42 Å². The van der Waals surface area contributed by atoms with E-state index < -0.39 is 0 Å². The Morgan fingerprint density at radius 2 is 1.17 bits per heavy atom. The standard InChI is InChI=1S/C23H30/c1-2-3-4-5-6-7-9-14-22-16-19-23(20-17-22)18-15-21-12-10-8-11-13-21/h8,10-13,15-20H,2-7,9,14H2,1H3.